The van der Waals surface area contributed by atoms with E-state index < -0.39 is 0 Å². The number of rotatable bonds is 5. The number of aryl methyl sites for hydroxylation is 2. The van der Waals surface area contributed by atoms with Crippen LogP contribution in [0.5, 0.6) is 0 Å². The summed E-state index contributed by atoms with van der Waals surface area (Å²) < 4.78 is 1.68. The van der Waals surface area contributed by atoms with Crippen molar-refractivity contribution in [2.45, 2.75) is 40.0 Å². The second-order valence-electron chi connectivity index (χ2n) is 6.42. The lowest BCUT2D eigenvalue weighted by Crippen LogP contribution is -2.17. The number of aromatic nitrogens is 2. The van der Waals surface area contributed by atoms with Gasteiger partial charge in [-0.05, 0) is 50.5 Å². The fraction of sp³-hybridized carbons (Fsp3) is 0.286. The van der Waals surface area contributed by atoms with Crippen molar-refractivity contribution < 1.29 is 0 Å². The van der Waals surface area contributed by atoms with Gasteiger partial charge in [-0.2, -0.15) is 0 Å². The zero-order valence-electron chi connectivity index (χ0n) is 14.6. The monoisotopic (exact) mass is 320 g/mol. The van der Waals surface area contributed by atoms with Gasteiger partial charge in [0, 0.05) is 11.1 Å². The first-order chi connectivity index (χ1) is 11.6. The fourth-order valence-electron chi connectivity index (χ4n) is 3.05. The van der Waals surface area contributed by atoms with E-state index in [1.807, 2.05) is 37.3 Å². The summed E-state index contributed by atoms with van der Waals surface area (Å²) in [5.74, 6) is 0. The highest BCUT2D eigenvalue weighted by Gasteiger charge is 2.16. The third-order valence-electron chi connectivity index (χ3n) is 4.33. The van der Waals surface area contributed by atoms with Gasteiger partial charge in [-0.25, -0.2) is 4.68 Å². The van der Waals surface area contributed by atoms with Crippen LogP contribution in [0, 0.1) is 13.8 Å². The number of nitrogens with zero attached hydrogens (tertiary/aromatic N) is 1. The number of aromatic amines is 1. The molecule has 3 nitrogen and oxygen atoms in total. The first-order valence-electron chi connectivity index (χ1n) is 8.58. The second-order valence-corrected chi connectivity index (χ2v) is 6.42. The van der Waals surface area contributed by atoms with Crippen LogP contribution >= 0.6 is 0 Å². The highest BCUT2D eigenvalue weighted by atomic mass is 16.1. The summed E-state index contributed by atoms with van der Waals surface area (Å²) in [5, 5.41) is 3.35. The van der Waals surface area contributed by atoms with Crippen LogP contribution in [0.15, 0.2) is 53.3 Å². The van der Waals surface area contributed by atoms with Crippen molar-refractivity contribution in [1.82, 2.24) is 9.78 Å². The van der Waals surface area contributed by atoms with Crippen molar-refractivity contribution in [3.05, 3.63) is 75.6 Å². The van der Waals surface area contributed by atoms with Crippen LogP contribution in [0.1, 0.15) is 36.5 Å². The second kappa shape index (κ2) is 6.91. The van der Waals surface area contributed by atoms with Crippen LogP contribution in [-0.2, 0) is 6.42 Å². The van der Waals surface area contributed by atoms with Gasteiger partial charge in [-0.3, -0.25) is 9.89 Å². The Labute approximate surface area is 143 Å². The van der Waals surface area contributed by atoms with E-state index in [-0.39, 0.29) is 5.56 Å². The Morgan fingerprint density at radius 2 is 1.71 bits per heavy atom. The molecule has 3 rings (SSSR count). The van der Waals surface area contributed by atoms with Crippen molar-refractivity contribution in [2.24, 2.45) is 0 Å². The average molecular weight is 320 g/mol. The Kier molecular flexibility index (Phi) is 4.70. The first-order valence-corrected chi connectivity index (χ1v) is 8.58. The van der Waals surface area contributed by atoms with E-state index in [0.29, 0.717) is 0 Å². The minimum atomic E-state index is 0.0607. The minimum absolute atomic E-state index is 0.0607. The number of hydrogen-bond acceptors (Lipinski definition) is 1. The van der Waals surface area contributed by atoms with Crippen molar-refractivity contribution in [3.63, 3.8) is 0 Å². The van der Waals surface area contributed by atoms with E-state index in [0.717, 1.165) is 47.3 Å². The fourth-order valence-corrected chi connectivity index (χ4v) is 3.05. The molecule has 0 amide bonds. The quantitative estimate of drug-likeness (QED) is 0.721. The molecule has 0 aliphatic rings. The SMILES string of the molecule is CCCCc1c(-c2cccc(C)c2)[nH]n(-c2cccc(C)c2)c1=O. The first kappa shape index (κ1) is 16.3. The molecule has 0 radical (unpaired) electrons. The van der Waals surface area contributed by atoms with Gasteiger partial charge in [0.2, 0.25) is 0 Å². The molecule has 0 unspecified atom stereocenters. The predicted molar refractivity (Wildman–Crippen MR) is 99.9 cm³/mol. The number of unbranched alkanes of at least 4 members (excludes halogenated alkanes) is 1. The lowest BCUT2D eigenvalue weighted by atomic mass is 10.0. The van der Waals surface area contributed by atoms with Gasteiger partial charge in [0.1, 0.15) is 0 Å². The molecule has 0 aliphatic carbocycles. The van der Waals surface area contributed by atoms with Gasteiger partial charge in [0.15, 0.2) is 0 Å². The van der Waals surface area contributed by atoms with Crippen LogP contribution in [0.2, 0.25) is 0 Å². The molecular formula is C21H24N2O. The molecule has 0 atom stereocenters. The highest BCUT2D eigenvalue weighted by Crippen LogP contribution is 2.23. The Morgan fingerprint density at radius 3 is 2.38 bits per heavy atom. The summed E-state index contributed by atoms with van der Waals surface area (Å²) in [6.07, 6.45) is 2.88. The maximum Gasteiger partial charge on any atom is 0.275 e. The summed E-state index contributed by atoms with van der Waals surface area (Å²) in [7, 11) is 0. The van der Waals surface area contributed by atoms with E-state index >= 15 is 0 Å². The number of benzene rings is 2. The van der Waals surface area contributed by atoms with E-state index in [9.17, 15) is 4.79 Å². The molecule has 3 heteroatoms. The average Bonchev–Trinajstić information content (AvgIpc) is 2.89. The summed E-state index contributed by atoms with van der Waals surface area (Å²) in [6.45, 7) is 6.26. The predicted octanol–water partition coefficient (Wildman–Crippen LogP) is 4.79. The largest absolute Gasteiger partial charge is 0.290 e. The lowest BCUT2D eigenvalue weighted by Gasteiger charge is -2.04. The summed E-state index contributed by atoms with van der Waals surface area (Å²) in [4.78, 5) is 13.0. The Hall–Kier alpha value is -2.55. The molecule has 1 aromatic heterocycles. The standard InChI is InChI=1S/C21H24N2O/c1-4-5-12-19-20(17-10-6-8-15(2)13-17)22-23(21(19)24)18-11-7-9-16(3)14-18/h6-11,13-14,22H,4-5,12H2,1-3H3. The van der Waals surface area contributed by atoms with Gasteiger partial charge >= 0.3 is 0 Å². The third-order valence-corrected chi connectivity index (χ3v) is 4.33. The van der Waals surface area contributed by atoms with Gasteiger partial charge in [0.25, 0.3) is 5.56 Å². The highest BCUT2D eigenvalue weighted by molar-refractivity contribution is 5.64. The maximum atomic E-state index is 13.0. The molecule has 24 heavy (non-hydrogen) atoms. The van der Waals surface area contributed by atoms with Gasteiger partial charge in [0.05, 0.1) is 11.4 Å². The van der Waals surface area contributed by atoms with Crippen molar-refractivity contribution in [1.29, 1.82) is 0 Å². The lowest BCUT2D eigenvalue weighted by molar-refractivity contribution is 0.786. The molecule has 1 N–H and O–H groups in total. The Balaban J connectivity index is 2.17. The molecule has 0 fully saturated rings. The van der Waals surface area contributed by atoms with Gasteiger partial charge in [-0.15, -0.1) is 0 Å². The molecule has 3 aromatic rings. The van der Waals surface area contributed by atoms with E-state index in [4.69, 9.17) is 0 Å². The van der Waals surface area contributed by atoms with Crippen molar-refractivity contribution in [2.75, 3.05) is 0 Å². The van der Waals surface area contributed by atoms with Crippen LogP contribution in [-0.4, -0.2) is 9.78 Å². The number of H-pyrrole nitrogens is 1. The van der Waals surface area contributed by atoms with Crippen molar-refractivity contribution >= 4 is 0 Å². The third kappa shape index (κ3) is 3.21. The van der Waals surface area contributed by atoms with E-state index in [1.165, 1.54) is 5.56 Å². The molecule has 1 heterocycles. The molecular weight excluding hydrogens is 296 g/mol. The molecule has 0 aliphatic heterocycles. The number of hydrogen-bond donors (Lipinski definition) is 1. The zero-order valence-corrected chi connectivity index (χ0v) is 14.6. The summed E-state index contributed by atoms with van der Waals surface area (Å²) >= 11 is 0. The van der Waals surface area contributed by atoms with Gasteiger partial charge in [-0.1, -0.05) is 49.2 Å². The Bertz CT molecular complexity index is 902. The molecule has 0 spiro atoms. The molecule has 0 bridgehead atoms. The van der Waals surface area contributed by atoms with Crippen LogP contribution in [0.25, 0.3) is 16.9 Å². The number of nitrogens with one attached hydrogen (secondary N) is 1. The molecule has 2 aromatic carbocycles. The Morgan fingerprint density at radius 1 is 1.00 bits per heavy atom. The molecule has 0 saturated carbocycles. The van der Waals surface area contributed by atoms with Gasteiger partial charge < -0.3 is 0 Å². The summed E-state index contributed by atoms with van der Waals surface area (Å²) in [6, 6.07) is 16.3. The normalized spacial score (nSPS) is 11.0. The summed E-state index contributed by atoms with van der Waals surface area (Å²) in [5.41, 5.74) is 6.17. The zero-order chi connectivity index (χ0) is 17.1. The van der Waals surface area contributed by atoms with Crippen LogP contribution in [0.4, 0.5) is 0 Å². The smallest absolute Gasteiger partial charge is 0.275 e. The molecule has 0 saturated heterocycles. The van der Waals surface area contributed by atoms with E-state index in [1.54, 1.807) is 4.68 Å². The van der Waals surface area contributed by atoms with Crippen molar-refractivity contribution in [3.8, 4) is 16.9 Å². The van der Waals surface area contributed by atoms with Crippen LogP contribution in [0.3, 0.4) is 0 Å². The molecule has 124 valence electrons. The van der Waals surface area contributed by atoms with E-state index in [2.05, 4.69) is 37.1 Å². The topological polar surface area (TPSA) is 37.8 Å². The minimum Gasteiger partial charge on any atom is -0.290 e. The van der Waals surface area contributed by atoms with Crippen LogP contribution < -0.4 is 5.56 Å². The maximum absolute atomic E-state index is 13.0.